The van der Waals surface area contributed by atoms with E-state index in [2.05, 4.69) is 55.6 Å². The molecule has 1 aliphatic carbocycles. The van der Waals surface area contributed by atoms with Gasteiger partial charge in [-0.3, -0.25) is 0 Å². The van der Waals surface area contributed by atoms with Crippen molar-refractivity contribution in [2.75, 3.05) is 5.32 Å². The normalized spacial score (nSPS) is 25.5. The molecule has 0 saturated carbocycles. The predicted octanol–water partition coefficient (Wildman–Crippen LogP) is 5.78. The highest BCUT2D eigenvalue weighted by Gasteiger charge is 2.39. The van der Waals surface area contributed by atoms with Crippen LogP contribution in [0.1, 0.15) is 40.6 Å². The number of nitrogens with one attached hydrogen (secondary N) is 1. The van der Waals surface area contributed by atoms with E-state index in [0.717, 1.165) is 11.4 Å². The van der Waals surface area contributed by atoms with Crippen molar-refractivity contribution in [2.24, 2.45) is 5.92 Å². The summed E-state index contributed by atoms with van der Waals surface area (Å²) < 4.78 is 0. The largest absolute Gasteiger partial charge is 0.377 e. The number of rotatable bonds is 1. The van der Waals surface area contributed by atoms with Crippen LogP contribution >= 0.6 is 11.6 Å². The van der Waals surface area contributed by atoms with Gasteiger partial charge < -0.3 is 5.32 Å². The molecule has 0 bridgehead atoms. The van der Waals surface area contributed by atoms with Gasteiger partial charge in [-0.25, -0.2) is 0 Å². The van der Waals surface area contributed by atoms with E-state index in [1.165, 1.54) is 27.9 Å². The third-order valence-corrected chi connectivity index (χ3v) is 5.43. The van der Waals surface area contributed by atoms with Crippen molar-refractivity contribution in [3.63, 3.8) is 0 Å². The molecule has 1 heterocycles. The molecule has 2 aliphatic rings. The van der Waals surface area contributed by atoms with Gasteiger partial charge in [0.15, 0.2) is 0 Å². The summed E-state index contributed by atoms with van der Waals surface area (Å²) in [4.78, 5) is 0. The molecule has 3 atom stereocenters. The Bertz CT molecular complexity index is 745. The molecule has 4 rings (SSSR count). The van der Waals surface area contributed by atoms with Crippen molar-refractivity contribution >= 4 is 17.3 Å². The molecule has 0 amide bonds. The Morgan fingerprint density at radius 3 is 2.50 bits per heavy atom. The molecule has 0 fully saturated rings. The highest BCUT2D eigenvalue weighted by Crippen LogP contribution is 2.51. The Kier molecular flexibility index (Phi) is 3.27. The maximum atomic E-state index is 6.06. The molecule has 0 aromatic heterocycles. The van der Waals surface area contributed by atoms with Crippen molar-refractivity contribution in [1.82, 2.24) is 0 Å². The Labute approximate surface area is 137 Å². The summed E-state index contributed by atoms with van der Waals surface area (Å²) in [5, 5.41) is 4.63. The summed E-state index contributed by atoms with van der Waals surface area (Å²) in [5.74, 6) is 1.12. The van der Waals surface area contributed by atoms with E-state index in [4.69, 9.17) is 11.6 Å². The zero-order chi connectivity index (χ0) is 15.3. The Balaban J connectivity index is 1.84. The summed E-state index contributed by atoms with van der Waals surface area (Å²) in [6, 6.07) is 13.1. The number of hydrogen-bond acceptors (Lipinski definition) is 1. The molecule has 0 saturated heterocycles. The lowest BCUT2D eigenvalue weighted by Gasteiger charge is -2.39. The van der Waals surface area contributed by atoms with Gasteiger partial charge in [-0.2, -0.15) is 0 Å². The highest BCUT2D eigenvalue weighted by molar-refractivity contribution is 6.30. The average Bonchev–Trinajstić information content (AvgIpc) is 3.00. The van der Waals surface area contributed by atoms with Gasteiger partial charge in [0.1, 0.15) is 0 Å². The van der Waals surface area contributed by atoms with Gasteiger partial charge in [-0.15, -0.1) is 0 Å². The molecule has 1 nitrogen and oxygen atoms in total. The van der Waals surface area contributed by atoms with Crippen LogP contribution in [0.3, 0.4) is 0 Å². The number of allylic oxidation sites excluding steroid dienone is 2. The van der Waals surface area contributed by atoms with E-state index in [9.17, 15) is 0 Å². The second kappa shape index (κ2) is 5.17. The fourth-order valence-corrected chi connectivity index (χ4v) is 4.17. The van der Waals surface area contributed by atoms with E-state index in [-0.39, 0.29) is 0 Å². The molecule has 2 heteroatoms. The maximum Gasteiger partial charge on any atom is 0.0554 e. The minimum Gasteiger partial charge on any atom is -0.377 e. The quantitative estimate of drug-likeness (QED) is 0.658. The first-order valence-corrected chi connectivity index (χ1v) is 8.31. The Morgan fingerprint density at radius 1 is 1.00 bits per heavy atom. The molecule has 0 spiro atoms. The van der Waals surface area contributed by atoms with Gasteiger partial charge >= 0.3 is 0 Å². The highest BCUT2D eigenvalue weighted by atomic mass is 35.5. The summed E-state index contributed by atoms with van der Waals surface area (Å²) >= 11 is 6.06. The van der Waals surface area contributed by atoms with Gasteiger partial charge in [0.2, 0.25) is 0 Å². The number of anilines is 1. The Hall–Kier alpha value is -1.73. The van der Waals surface area contributed by atoms with Gasteiger partial charge in [0.05, 0.1) is 6.04 Å². The van der Waals surface area contributed by atoms with E-state index >= 15 is 0 Å². The van der Waals surface area contributed by atoms with Crippen molar-refractivity contribution < 1.29 is 0 Å². The molecular weight excluding hydrogens is 290 g/mol. The van der Waals surface area contributed by atoms with Gasteiger partial charge in [0.25, 0.3) is 0 Å². The van der Waals surface area contributed by atoms with Crippen LogP contribution in [0.15, 0.2) is 48.6 Å². The summed E-state index contributed by atoms with van der Waals surface area (Å²) in [6.45, 7) is 4.43. The van der Waals surface area contributed by atoms with Crippen molar-refractivity contribution in [3.8, 4) is 0 Å². The monoisotopic (exact) mass is 309 g/mol. The van der Waals surface area contributed by atoms with Crippen LogP contribution in [0.25, 0.3) is 0 Å². The smallest absolute Gasteiger partial charge is 0.0554 e. The maximum absolute atomic E-state index is 6.06. The first-order valence-electron chi connectivity index (χ1n) is 7.94. The van der Waals surface area contributed by atoms with Crippen LogP contribution in [-0.4, -0.2) is 0 Å². The standard InChI is InChI=1S/C20H20ClN/c1-12-6-7-13(2)19-18(12)16-4-3-5-17(16)20(22-19)14-8-10-15(21)11-9-14/h3-4,6-11,16-17,20,22H,5H2,1-2H3/t16-,17+,20+/m0/s1. The lowest BCUT2D eigenvalue weighted by molar-refractivity contribution is 0.424. The average molecular weight is 310 g/mol. The fraction of sp³-hybridized carbons (Fsp3) is 0.300. The number of hydrogen-bond donors (Lipinski definition) is 1. The van der Waals surface area contributed by atoms with Crippen molar-refractivity contribution in [1.29, 1.82) is 0 Å². The predicted molar refractivity (Wildman–Crippen MR) is 93.7 cm³/mol. The van der Waals surface area contributed by atoms with Crippen molar-refractivity contribution in [2.45, 2.75) is 32.2 Å². The molecule has 0 unspecified atom stereocenters. The van der Waals surface area contributed by atoms with Gasteiger partial charge in [-0.1, -0.05) is 48.0 Å². The molecule has 2 aromatic carbocycles. The third-order valence-electron chi connectivity index (χ3n) is 5.18. The van der Waals surface area contributed by atoms with Crippen LogP contribution < -0.4 is 5.32 Å². The second-order valence-electron chi connectivity index (χ2n) is 6.52. The topological polar surface area (TPSA) is 12.0 Å². The van der Waals surface area contributed by atoms with Gasteiger partial charge in [-0.05, 0) is 60.6 Å². The van der Waals surface area contributed by atoms with Crippen LogP contribution in [0.2, 0.25) is 5.02 Å². The second-order valence-corrected chi connectivity index (χ2v) is 6.95. The molecule has 2 aromatic rings. The van der Waals surface area contributed by atoms with Gasteiger partial charge in [0, 0.05) is 16.6 Å². The lowest BCUT2D eigenvalue weighted by Crippen LogP contribution is -2.30. The molecule has 1 N–H and O–H groups in total. The first-order chi connectivity index (χ1) is 10.6. The Morgan fingerprint density at radius 2 is 1.73 bits per heavy atom. The lowest BCUT2D eigenvalue weighted by atomic mass is 9.75. The first kappa shape index (κ1) is 13.9. The number of aryl methyl sites for hydroxylation is 2. The number of halogens is 1. The molecular formula is C20H20ClN. The zero-order valence-electron chi connectivity index (χ0n) is 12.9. The van der Waals surface area contributed by atoms with Crippen LogP contribution in [0, 0.1) is 19.8 Å². The molecule has 112 valence electrons. The third kappa shape index (κ3) is 2.07. The fourth-order valence-electron chi connectivity index (χ4n) is 4.04. The van der Waals surface area contributed by atoms with Crippen molar-refractivity contribution in [3.05, 3.63) is 75.8 Å². The molecule has 22 heavy (non-hydrogen) atoms. The SMILES string of the molecule is Cc1ccc(C)c2c1N[C@H](c1ccc(Cl)cc1)[C@@H]1CC=C[C@H]21. The van der Waals surface area contributed by atoms with Crippen LogP contribution in [0.4, 0.5) is 5.69 Å². The molecule has 1 aliphatic heterocycles. The molecule has 0 radical (unpaired) electrons. The van der Waals surface area contributed by atoms with Crippen LogP contribution in [0.5, 0.6) is 0 Å². The minimum absolute atomic E-state index is 0.352. The van der Waals surface area contributed by atoms with E-state index in [1.807, 2.05) is 12.1 Å². The summed E-state index contributed by atoms with van der Waals surface area (Å²) in [5.41, 5.74) is 6.87. The summed E-state index contributed by atoms with van der Waals surface area (Å²) in [7, 11) is 0. The van der Waals surface area contributed by atoms with E-state index in [1.54, 1.807) is 0 Å². The number of fused-ring (bicyclic) bond motifs is 3. The summed E-state index contributed by atoms with van der Waals surface area (Å²) in [6.07, 6.45) is 5.88. The minimum atomic E-state index is 0.352. The van der Waals surface area contributed by atoms with E-state index < -0.39 is 0 Å². The van der Waals surface area contributed by atoms with E-state index in [0.29, 0.717) is 17.9 Å². The number of benzene rings is 2. The zero-order valence-corrected chi connectivity index (χ0v) is 13.7. The van der Waals surface area contributed by atoms with Crippen LogP contribution in [-0.2, 0) is 0 Å².